The van der Waals surface area contributed by atoms with Crippen LogP contribution in [-0.4, -0.2) is 6.04 Å². The Morgan fingerprint density at radius 1 is 1.27 bits per heavy atom. The second-order valence-electron chi connectivity index (χ2n) is 5.34. The number of aryl methyl sites for hydroxylation is 2. The fourth-order valence-corrected chi connectivity index (χ4v) is 1.93. The summed E-state index contributed by atoms with van der Waals surface area (Å²) in [6.45, 7) is 8.99. The first kappa shape index (κ1) is 10.5. The lowest BCUT2D eigenvalue weighted by atomic mass is 10.00. The zero-order valence-corrected chi connectivity index (χ0v) is 10.2. The van der Waals surface area contributed by atoms with Crippen molar-refractivity contribution in [1.29, 1.82) is 0 Å². The maximum absolute atomic E-state index is 3.65. The molecule has 1 heteroatoms. The van der Waals surface area contributed by atoms with E-state index in [9.17, 15) is 0 Å². The molecule has 1 saturated carbocycles. The van der Waals surface area contributed by atoms with Gasteiger partial charge in [0.1, 0.15) is 0 Å². The molecule has 0 radical (unpaired) electrons. The molecule has 1 aromatic carbocycles. The van der Waals surface area contributed by atoms with Gasteiger partial charge in [-0.1, -0.05) is 19.1 Å². The minimum atomic E-state index is 0.538. The molecule has 2 rings (SSSR count). The average molecular weight is 203 g/mol. The van der Waals surface area contributed by atoms with Crippen molar-refractivity contribution in [2.45, 2.75) is 46.6 Å². The molecule has 0 aliphatic heterocycles. The highest BCUT2D eigenvalue weighted by Gasteiger charge is 2.42. The quantitative estimate of drug-likeness (QED) is 0.785. The SMILES string of the molecule is Cc1ccc(C)c(NC(C)C2(C)CC2)c1. The Morgan fingerprint density at radius 3 is 2.53 bits per heavy atom. The highest BCUT2D eigenvalue weighted by Crippen LogP contribution is 2.48. The summed E-state index contributed by atoms with van der Waals surface area (Å²) in [6, 6.07) is 7.19. The normalized spacial score (nSPS) is 19.7. The van der Waals surface area contributed by atoms with Crippen LogP contribution in [0.25, 0.3) is 0 Å². The van der Waals surface area contributed by atoms with Crippen molar-refractivity contribution in [3.05, 3.63) is 29.3 Å². The highest BCUT2D eigenvalue weighted by molar-refractivity contribution is 5.53. The van der Waals surface area contributed by atoms with Crippen molar-refractivity contribution in [2.24, 2.45) is 5.41 Å². The van der Waals surface area contributed by atoms with Crippen molar-refractivity contribution in [2.75, 3.05) is 5.32 Å². The molecule has 0 aromatic heterocycles. The second-order valence-corrected chi connectivity index (χ2v) is 5.34. The van der Waals surface area contributed by atoms with Gasteiger partial charge in [-0.05, 0) is 56.2 Å². The van der Waals surface area contributed by atoms with E-state index < -0.39 is 0 Å². The van der Waals surface area contributed by atoms with Crippen molar-refractivity contribution >= 4 is 5.69 Å². The van der Waals surface area contributed by atoms with Crippen LogP contribution in [0.2, 0.25) is 0 Å². The van der Waals surface area contributed by atoms with E-state index in [1.807, 2.05) is 0 Å². The van der Waals surface area contributed by atoms with Crippen LogP contribution in [0, 0.1) is 19.3 Å². The van der Waals surface area contributed by atoms with Gasteiger partial charge in [0.2, 0.25) is 0 Å². The maximum atomic E-state index is 3.65. The molecule has 0 bridgehead atoms. The van der Waals surface area contributed by atoms with Gasteiger partial charge in [0.05, 0.1) is 0 Å². The Kier molecular flexibility index (Phi) is 2.49. The Morgan fingerprint density at radius 2 is 1.93 bits per heavy atom. The lowest BCUT2D eigenvalue weighted by molar-refractivity contribution is 0.493. The summed E-state index contributed by atoms with van der Waals surface area (Å²) < 4.78 is 0. The zero-order valence-electron chi connectivity index (χ0n) is 10.2. The predicted molar refractivity (Wildman–Crippen MR) is 66.3 cm³/mol. The fraction of sp³-hybridized carbons (Fsp3) is 0.571. The molecule has 1 aliphatic carbocycles. The number of rotatable bonds is 3. The molecular formula is C14H21N. The molecule has 1 aliphatic rings. The van der Waals surface area contributed by atoms with Gasteiger partial charge >= 0.3 is 0 Å². The van der Waals surface area contributed by atoms with Crippen LogP contribution in [0.4, 0.5) is 5.69 Å². The lowest BCUT2D eigenvalue weighted by Crippen LogP contribution is -2.25. The molecule has 1 N–H and O–H groups in total. The van der Waals surface area contributed by atoms with E-state index in [0.29, 0.717) is 11.5 Å². The molecule has 0 spiro atoms. The van der Waals surface area contributed by atoms with Crippen LogP contribution in [0.1, 0.15) is 37.8 Å². The van der Waals surface area contributed by atoms with Crippen molar-refractivity contribution < 1.29 is 0 Å². The van der Waals surface area contributed by atoms with Crippen LogP contribution in [0.5, 0.6) is 0 Å². The molecule has 0 amide bonds. The zero-order chi connectivity index (χ0) is 11.1. The van der Waals surface area contributed by atoms with E-state index >= 15 is 0 Å². The van der Waals surface area contributed by atoms with Gasteiger partial charge < -0.3 is 5.32 Å². The van der Waals surface area contributed by atoms with E-state index in [-0.39, 0.29) is 0 Å². The highest BCUT2D eigenvalue weighted by atomic mass is 14.9. The fourth-order valence-electron chi connectivity index (χ4n) is 1.93. The van der Waals surface area contributed by atoms with Gasteiger partial charge in [0, 0.05) is 11.7 Å². The van der Waals surface area contributed by atoms with Crippen LogP contribution < -0.4 is 5.32 Å². The first-order valence-corrected chi connectivity index (χ1v) is 5.85. The van der Waals surface area contributed by atoms with Gasteiger partial charge in [0.15, 0.2) is 0 Å². The summed E-state index contributed by atoms with van der Waals surface area (Å²) >= 11 is 0. The third kappa shape index (κ3) is 2.17. The number of benzene rings is 1. The third-order valence-electron chi connectivity index (χ3n) is 3.85. The van der Waals surface area contributed by atoms with Gasteiger partial charge in [-0.2, -0.15) is 0 Å². The van der Waals surface area contributed by atoms with Crippen LogP contribution in [0.15, 0.2) is 18.2 Å². The summed E-state index contributed by atoms with van der Waals surface area (Å²) in [5, 5.41) is 3.65. The Labute approximate surface area is 92.9 Å². The first-order chi connectivity index (χ1) is 7.01. The molecule has 15 heavy (non-hydrogen) atoms. The Balaban J connectivity index is 2.13. The van der Waals surface area contributed by atoms with Crippen LogP contribution >= 0.6 is 0 Å². The summed E-state index contributed by atoms with van der Waals surface area (Å²) in [7, 11) is 0. The van der Waals surface area contributed by atoms with Gasteiger partial charge in [-0.15, -0.1) is 0 Å². The number of hydrogen-bond donors (Lipinski definition) is 1. The smallest absolute Gasteiger partial charge is 0.0374 e. The molecule has 1 unspecified atom stereocenters. The van der Waals surface area contributed by atoms with Gasteiger partial charge in [0.25, 0.3) is 0 Å². The van der Waals surface area contributed by atoms with E-state index in [4.69, 9.17) is 0 Å². The largest absolute Gasteiger partial charge is 0.382 e. The molecule has 1 fully saturated rings. The molecule has 0 saturated heterocycles. The molecule has 82 valence electrons. The number of nitrogens with one attached hydrogen (secondary N) is 1. The monoisotopic (exact) mass is 203 g/mol. The third-order valence-corrected chi connectivity index (χ3v) is 3.85. The topological polar surface area (TPSA) is 12.0 Å². The maximum Gasteiger partial charge on any atom is 0.0374 e. The van der Waals surface area contributed by atoms with Crippen molar-refractivity contribution in [3.8, 4) is 0 Å². The lowest BCUT2D eigenvalue weighted by Gasteiger charge is -2.23. The van der Waals surface area contributed by atoms with E-state index in [2.05, 4.69) is 51.2 Å². The summed E-state index contributed by atoms with van der Waals surface area (Å²) in [4.78, 5) is 0. The Hall–Kier alpha value is -0.980. The van der Waals surface area contributed by atoms with E-state index in [0.717, 1.165) is 0 Å². The average Bonchev–Trinajstić information content (AvgIpc) is 2.91. The standard InChI is InChI=1S/C14H21N/c1-10-5-6-11(2)13(9-10)15-12(3)14(4)7-8-14/h5-6,9,12,15H,7-8H2,1-4H3. The van der Waals surface area contributed by atoms with E-state index in [1.165, 1.54) is 29.7 Å². The molecule has 0 heterocycles. The van der Waals surface area contributed by atoms with Crippen LogP contribution in [0.3, 0.4) is 0 Å². The first-order valence-electron chi connectivity index (χ1n) is 5.85. The number of hydrogen-bond acceptors (Lipinski definition) is 1. The van der Waals surface area contributed by atoms with Crippen molar-refractivity contribution in [3.63, 3.8) is 0 Å². The minimum absolute atomic E-state index is 0.538. The number of anilines is 1. The predicted octanol–water partition coefficient (Wildman–Crippen LogP) is 3.90. The summed E-state index contributed by atoms with van der Waals surface area (Å²) in [6.07, 6.45) is 2.73. The Bertz CT molecular complexity index is 364. The second kappa shape index (κ2) is 3.55. The van der Waals surface area contributed by atoms with Crippen molar-refractivity contribution in [1.82, 2.24) is 0 Å². The molecule has 1 aromatic rings. The molecular weight excluding hydrogens is 182 g/mol. The van der Waals surface area contributed by atoms with Gasteiger partial charge in [-0.25, -0.2) is 0 Å². The summed E-state index contributed by atoms with van der Waals surface area (Å²) in [5.74, 6) is 0. The van der Waals surface area contributed by atoms with Gasteiger partial charge in [-0.3, -0.25) is 0 Å². The molecule has 1 nitrogen and oxygen atoms in total. The molecule has 1 atom stereocenters. The minimum Gasteiger partial charge on any atom is -0.382 e. The van der Waals surface area contributed by atoms with Crippen LogP contribution in [-0.2, 0) is 0 Å². The van der Waals surface area contributed by atoms with E-state index in [1.54, 1.807) is 0 Å². The summed E-state index contributed by atoms with van der Waals surface area (Å²) in [5.41, 5.74) is 4.51.